The van der Waals surface area contributed by atoms with Gasteiger partial charge < -0.3 is 19.7 Å². The van der Waals surface area contributed by atoms with Crippen LogP contribution in [0, 0.1) is 0 Å². The average Bonchev–Trinajstić information content (AvgIpc) is 2.75. The Bertz CT molecular complexity index is 444. The third-order valence-corrected chi connectivity index (χ3v) is 2.80. The maximum absolute atomic E-state index is 11.8. The first kappa shape index (κ1) is 14.7. The van der Waals surface area contributed by atoms with E-state index in [2.05, 4.69) is 26.0 Å². The molecule has 1 aromatic rings. The van der Waals surface area contributed by atoms with Gasteiger partial charge in [-0.3, -0.25) is 4.79 Å². The van der Waals surface area contributed by atoms with E-state index in [1.54, 1.807) is 16.8 Å². The molecule has 18 heavy (non-hydrogen) atoms. The summed E-state index contributed by atoms with van der Waals surface area (Å²) in [7, 11) is 1.17. The number of amides is 1. The van der Waals surface area contributed by atoms with Crippen LogP contribution in [-0.4, -0.2) is 41.3 Å². The molecule has 1 unspecified atom stereocenters. The molecule has 100 valence electrons. The van der Waals surface area contributed by atoms with E-state index >= 15 is 0 Å². The van der Waals surface area contributed by atoms with Gasteiger partial charge in [-0.25, -0.2) is 4.79 Å². The number of carbonyl (C=O) groups excluding carboxylic acids is 2. The number of nitrogens with one attached hydrogen (secondary N) is 1. The van der Waals surface area contributed by atoms with Gasteiger partial charge in [0.25, 0.3) is 5.91 Å². The second kappa shape index (κ2) is 6.55. The number of carbonyl (C=O) groups is 2. The summed E-state index contributed by atoms with van der Waals surface area (Å²) < 4.78 is 6.89. The van der Waals surface area contributed by atoms with E-state index in [9.17, 15) is 14.7 Å². The van der Waals surface area contributed by atoms with Crippen LogP contribution < -0.4 is 5.32 Å². The van der Waals surface area contributed by atoms with Crippen molar-refractivity contribution in [1.82, 2.24) is 9.88 Å². The lowest BCUT2D eigenvalue weighted by molar-refractivity contribution is -0.149. The fraction of sp³-hybridized carbons (Fsp3) is 0.455. The van der Waals surface area contributed by atoms with Gasteiger partial charge in [-0.2, -0.15) is 0 Å². The van der Waals surface area contributed by atoms with Gasteiger partial charge in [0.1, 0.15) is 5.69 Å². The van der Waals surface area contributed by atoms with Crippen LogP contribution in [0.5, 0.6) is 0 Å². The zero-order valence-corrected chi connectivity index (χ0v) is 11.7. The molecular weight excluding hydrogens is 304 g/mol. The van der Waals surface area contributed by atoms with Crippen molar-refractivity contribution in [1.29, 1.82) is 0 Å². The Hall–Kier alpha value is -1.34. The second-order valence-corrected chi connectivity index (χ2v) is 4.49. The van der Waals surface area contributed by atoms with Crippen LogP contribution in [0.4, 0.5) is 0 Å². The smallest absolute Gasteiger partial charge is 0.336 e. The number of hydrogen-bond acceptors (Lipinski definition) is 4. The van der Waals surface area contributed by atoms with E-state index in [1.807, 2.05) is 6.92 Å². The molecule has 0 saturated carbocycles. The highest BCUT2D eigenvalue weighted by molar-refractivity contribution is 9.10. The summed E-state index contributed by atoms with van der Waals surface area (Å²) in [6.07, 6.45) is 0.429. The Balaban J connectivity index is 2.63. The molecule has 0 fully saturated rings. The number of esters is 1. The first-order chi connectivity index (χ1) is 8.49. The summed E-state index contributed by atoms with van der Waals surface area (Å²) in [5.41, 5.74) is 0.460. The molecule has 6 nitrogen and oxygen atoms in total. The van der Waals surface area contributed by atoms with Crippen molar-refractivity contribution in [2.75, 3.05) is 13.7 Å². The summed E-state index contributed by atoms with van der Waals surface area (Å²) in [5.74, 6) is -1.13. The van der Waals surface area contributed by atoms with Gasteiger partial charge in [0.15, 0.2) is 6.10 Å². The molecule has 0 saturated heterocycles. The summed E-state index contributed by atoms with van der Waals surface area (Å²) in [5, 5.41) is 11.8. The van der Waals surface area contributed by atoms with E-state index in [4.69, 9.17) is 0 Å². The fourth-order valence-electron chi connectivity index (χ4n) is 1.43. The summed E-state index contributed by atoms with van der Waals surface area (Å²) in [6, 6.07) is 1.67. The van der Waals surface area contributed by atoms with E-state index in [0.29, 0.717) is 12.2 Å². The maximum atomic E-state index is 11.8. The molecule has 1 amide bonds. The van der Waals surface area contributed by atoms with Gasteiger partial charge in [-0.15, -0.1) is 0 Å². The molecule has 0 aliphatic rings. The van der Waals surface area contributed by atoms with Gasteiger partial charge in [0.2, 0.25) is 0 Å². The summed E-state index contributed by atoms with van der Waals surface area (Å²) >= 11 is 3.28. The largest absolute Gasteiger partial charge is 0.467 e. The number of aliphatic hydroxyl groups is 1. The zero-order chi connectivity index (χ0) is 13.7. The number of rotatable bonds is 5. The van der Waals surface area contributed by atoms with Crippen LogP contribution in [0.2, 0.25) is 0 Å². The number of aromatic nitrogens is 1. The van der Waals surface area contributed by atoms with Gasteiger partial charge in [-0.05, 0) is 28.9 Å². The van der Waals surface area contributed by atoms with Crippen molar-refractivity contribution in [3.8, 4) is 0 Å². The van der Waals surface area contributed by atoms with Crippen LogP contribution >= 0.6 is 15.9 Å². The Labute approximate surface area is 113 Å². The van der Waals surface area contributed by atoms with Gasteiger partial charge in [0.05, 0.1) is 13.7 Å². The van der Waals surface area contributed by atoms with Crippen molar-refractivity contribution in [2.45, 2.75) is 19.6 Å². The highest BCUT2D eigenvalue weighted by atomic mass is 79.9. The minimum atomic E-state index is -1.35. The summed E-state index contributed by atoms with van der Waals surface area (Å²) in [6.45, 7) is 2.37. The lowest BCUT2D eigenvalue weighted by Gasteiger charge is -2.10. The summed E-state index contributed by atoms with van der Waals surface area (Å²) in [4.78, 5) is 22.8. The molecule has 0 aliphatic heterocycles. The first-order valence-corrected chi connectivity index (χ1v) is 6.18. The zero-order valence-electron chi connectivity index (χ0n) is 10.1. The molecule has 0 spiro atoms. The lowest BCUT2D eigenvalue weighted by atomic mass is 10.3. The lowest BCUT2D eigenvalue weighted by Crippen LogP contribution is -2.37. The van der Waals surface area contributed by atoms with Crippen LogP contribution in [-0.2, 0) is 16.1 Å². The Morgan fingerprint density at radius 3 is 2.83 bits per heavy atom. The van der Waals surface area contributed by atoms with Gasteiger partial charge >= 0.3 is 5.97 Å². The van der Waals surface area contributed by atoms with Crippen LogP contribution in [0.25, 0.3) is 0 Å². The van der Waals surface area contributed by atoms with Crippen molar-refractivity contribution in [3.63, 3.8) is 0 Å². The van der Waals surface area contributed by atoms with Crippen molar-refractivity contribution < 1.29 is 19.4 Å². The predicted molar refractivity (Wildman–Crippen MR) is 68.2 cm³/mol. The Kier molecular flexibility index (Phi) is 5.36. The molecular formula is C11H15BrN2O4. The van der Waals surface area contributed by atoms with Crippen LogP contribution in [0.3, 0.4) is 0 Å². The van der Waals surface area contributed by atoms with E-state index in [1.165, 1.54) is 7.11 Å². The first-order valence-electron chi connectivity index (χ1n) is 5.39. The standard InChI is InChI=1S/C11H15BrN2O4/c1-3-14-6-7(12)4-8(14)10(16)13-5-9(15)11(17)18-2/h4,6,9,15H,3,5H2,1-2H3,(H,13,16). The van der Waals surface area contributed by atoms with Crippen molar-refractivity contribution >= 4 is 27.8 Å². The highest BCUT2D eigenvalue weighted by Crippen LogP contribution is 2.14. The molecule has 2 N–H and O–H groups in total. The maximum Gasteiger partial charge on any atom is 0.336 e. The van der Waals surface area contributed by atoms with Crippen molar-refractivity contribution in [2.24, 2.45) is 0 Å². The van der Waals surface area contributed by atoms with Gasteiger partial charge in [-0.1, -0.05) is 0 Å². The molecule has 0 bridgehead atoms. The van der Waals surface area contributed by atoms with E-state index < -0.39 is 12.1 Å². The Morgan fingerprint density at radius 2 is 2.28 bits per heavy atom. The quantitative estimate of drug-likeness (QED) is 0.776. The number of aryl methyl sites for hydroxylation is 1. The minimum absolute atomic E-state index is 0.183. The average molecular weight is 319 g/mol. The molecule has 1 heterocycles. The van der Waals surface area contributed by atoms with Crippen molar-refractivity contribution in [3.05, 3.63) is 22.4 Å². The minimum Gasteiger partial charge on any atom is -0.467 e. The molecule has 1 aromatic heterocycles. The van der Waals surface area contributed by atoms with E-state index in [0.717, 1.165) is 4.47 Å². The van der Waals surface area contributed by atoms with Crippen LogP contribution in [0.15, 0.2) is 16.7 Å². The molecule has 7 heteroatoms. The topological polar surface area (TPSA) is 80.6 Å². The fourth-order valence-corrected chi connectivity index (χ4v) is 1.89. The number of methoxy groups -OCH3 is 1. The van der Waals surface area contributed by atoms with Gasteiger partial charge in [0, 0.05) is 17.2 Å². The molecule has 0 aliphatic carbocycles. The molecule has 0 aromatic carbocycles. The predicted octanol–water partition coefficient (Wildman–Crippen LogP) is 0.534. The molecule has 0 radical (unpaired) electrons. The highest BCUT2D eigenvalue weighted by Gasteiger charge is 2.18. The molecule has 1 rings (SSSR count). The number of aliphatic hydroxyl groups excluding tert-OH is 1. The third-order valence-electron chi connectivity index (χ3n) is 2.37. The SMILES string of the molecule is CCn1cc(Br)cc1C(=O)NCC(O)C(=O)OC. The Morgan fingerprint density at radius 1 is 1.61 bits per heavy atom. The number of halogens is 1. The molecule has 1 atom stereocenters. The second-order valence-electron chi connectivity index (χ2n) is 3.58. The van der Waals surface area contributed by atoms with E-state index in [-0.39, 0.29) is 12.5 Å². The monoisotopic (exact) mass is 318 g/mol. The third kappa shape index (κ3) is 3.58. The normalized spacial score (nSPS) is 12.0. The number of hydrogen-bond donors (Lipinski definition) is 2. The number of ether oxygens (including phenoxy) is 1. The number of nitrogens with zero attached hydrogens (tertiary/aromatic N) is 1. The van der Waals surface area contributed by atoms with Crippen LogP contribution in [0.1, 0.15) is 17.4 Å².